The van der Waals surface area contributed by atoms with Crippen molar-refractivity contribution >= 4 is 33.9 Å². The lowest BCUT2D eigenvalue weighted by Crippen LogP contribution is -2.23. The lowest BCUT2D eigenvalue weighted by Gasteiger charge is -2.20. The third-order valence-electron chi connectivity index (χ3n) is 2.89. The van der Waals surface area contributed by atoms with E-state index in [2.05, 4.69) is 53.2 Å². The van der Waals surface area contributed by atoms with Gasteiger partial charge in [-0.05, 0) is 70.8 Å². The maximum Gasteiger partial charge on any atom is 0.124 e. The Balaban J connectivity index is 2.45. The van der Waals surface area contributed by atoms with Crippen LogP contribution >= 0.6 is 33.9 Å². The number of thiophene rings is 1. The summed E-state index contributed by atoms with van der Waals surface area (Å²) < 4.78 is 14.2. The van der Waals surface area contributed by atoms with Gasteiger partial charge in [0.25, 0.3) is 0 Å². The summed E-state index contributed by atoms with van der Waals surface area (Å²) in [5, 5.41) is 5.58. The van der Waals surface area contributed by atoms with Gasteiger partial charge in [0.05, 0.1) is 6.04 Å². The molecule has 0 saturated carbocycles. The molecule has 1 N–H and O–H groups in total. The molecule has 1 atom stereocenters. The molecule has 0 aliphatic heterocycles. The molecule has 1 aromatic heterocycles. The zero-order chi connectivity index (χ0) is 13.1. The minimum atomic E-state index is -0.180. The molecule has 0 aliphatic rings. The first-order chi connectivity index (χ1) is 8.63. The van der Waals surface area contributed by atoms with Crippen LogP contribution in [0.15, 0.2) is 29.6 Å². The second-order valence-electron chi connectivity index (χ2n) is 4.09. The molecule has 1 nitrogen and oxygen atoms in total. The van der Waals surface area contributed by atoms with Crippen LogP contribution in [0.4, 0.5) is 4.39 Å². The Kier molecular flexibility index (Phi) is 4.75. The number of hydrogen-bond donors (Lipinski definition) is 1. The minimum absolute atomic E-state index is 0.147. The van der Waals surface area contributed by atoms with E-state index < -0.39 is 0 Å². The van der Waals surface area contributed by atoms with Crippen molar-refractivity contribution in [2.24, 2.45) is 0 Å². The maximum atomic E-state index is 13.2. The molecule has 0 saturated heterocycles. The molecule has 4 heteroatoms. The van der Waals surface area contributed by atoms with Crippen molar-refractivity contribution in [1.29, 1.82) is 0 Å². The van der Waals surface area contributed by atoms with E-state index in [0.29, 0.717) is 0 Å². The Morgan fingerprint density at radius 1 is 1.33 bits per heavy atom. The third kappa shape index (κ3) is 2.92. The summed E-state index contributed by atoms with van der Waals surface area (Å²) in [6.45, 7) is 5.10. The van der Waals surface area contributed by atoms with Crippen LogP contribution in [-0.4, -0.2) is 6.54 Å². The smallest absolute Gasteiger partial charge is 0.124 e. The van der Waals surface area contributed by atoms with Crippen molar-refractivity contribution in [2.45, 2.75) is 19.9 Å². The second kappa shape index (κ2) is 6.12. The number of rotatable bonds is 4. The molecule has 0 bridgehead atoms. The SMILES string of the molecule is CCNC(c1ccc(F)cc1I)c1ccsc1C. The maximum absolute atomic E-state index is 13.2. The standard InChI is InChI=1S/C14H15FINS/c1-3-17-14(11-6-7-18-9(11)2)12-5-4-10(15)8-13(12)16/h4-8,14,17H,3H2,1-2H3. The topological polar surface area (TPSA) is 12.0 Å². The fraction of sp³-hybridized carbons (Fsp3) is 0.286. The van der Waals surface area contributed by atoms with Crippen LogP contribution in [0.1, 0.15) is 29.0 Å². The molecule has 1 heterocycles. The summed E-state index contributed by atoms with van der Waals surface area (Å²) in [6, 6.07) is 7.29. The summed E-state index contributed by atoms with van der Waals surface area (Å²) in [5.41, 5.74) is 2.42. The predicted octanol–water partition coefficient (Wildman–Crippen LogP) is 4.50. The Hall–Kier alpha value is -0.460. The van der Waals surface area contributed by atoms with Crippen LogP contribution < -0.4 is 5.32 Å². The fourth-order valence-corrected chi connectivity index (χ4v) is 3.55. The molecular formula is C14H15FINS. The normalized spacial score (nSPS) is 12.7. The quantitative estimate of drug-likeness (QED) is 0.776. The molecule has 2 rings (SSSR count). The van der Waals surface area contributed by atoms with Crippen LogP contribution in [0.2, 0.25) is 0 Å². The highest BCUT2D eigenvalue weighted by Gasteiger charge is 2.18. The molecule has 0 spiro atoms. The third-order valence-corrected chi connectivity index (χ3v) is 4.69. The first-order valence-electron chi connectivity index (χ1n) is 5.85. The number of nitrogens with one attached hydrogen (secondary N) is 1. The summed E-state index contributed by atoms with van der Waals surface area (Å²) >= 11 is 3.95. The van der Waals surface area contributed by atoms with Gasteiger partial charge in [0, 0.05) is 8.45 Å². The highest BCUT2D eigenvalue weighted by Crippen LogP contribution is 2.31. The molecule has 0 radical (unpaired) electrons. The largest absolute Gasteiger partial charge is 0.306 e. The summed E-state index contributed by atoms with van der Waals surface area (Å²) in [4.78, 5) is 1.31. The molecule has 0 fully saturated rings. The van der Waals surface area contributed by atoms with Crippen molar-refractivity contribution in [3.8, 4) is 0 Å². The van der Waals surface area contributed by atoms with Gasteiger partial charge in [-0.1, -0.05) is 13.0 Å². The van der Waals surface area contributed by atoms with Crippen molar-refractivity contribution in [1.82, 2.24) is 5.32 Å². The van der Waals surface area contributed by atoms with Gasteiger partial charge in [-0.2, -0.15) is 0 Å². The van der Waals surface area contributed by atoms with Crippen molar-refractivity contribution in [2.75, 3.05) is 6.54 Å². The van der Waals surface area contributed by atoms with Gasteiger partial charge in [0.1, 0.15) is 5.82 Å². The van der Waals surface area contributed by atoms with Crippen LogP contribution in [0, 0.1) is 16.3 Å². The van der Waals surface area contributed by atoms with Crippen molar-refractivity contribution in [3.05, 3.63) is 55.0 Å². The predicted molar refractivity (Wildman–Crippen MR) is 83.7 cm³/mol. The van der Waals surface area contributed by atoms with Gasteiger partial charge in [0.15, 0.2) is 0 Å². The fourth-order valence-electron chi connectivity index (χ4n) is 2.02. The van der Waals surface area contributed by atoms with Gasteiger partial charge >= 0.3 is 0 Å². The van der Waals surface area contributed by atoms with Gasteiger partial charge in [0.2, 0.25) is 0 Å². The average Bonchev–Trinajstić information content (AvgIpc) is 2.73. The van der Waals surface area contributed by atoms with E-state index in [1.54, 1.807) is 17.4 Å². The zero-order valence-electron chi connectivity index (χ0n) is 10.3. The first kappa shape index (κ1) is 14.0. The number of benzene rings is 1. The molecule has 0 amide bonds. The molecule has 1 unspecified atom stereocenters. The Morgan fingerprint density at radius 2 is 2.11 bits per heavy atom. The number of hydrogen-bond acceptors (Lipinski definition) is 2. The highest BCUT2D eigenvalue weighted by molar-refractivity contribution is 14.1. The van der Waals surface area contributed by atoms with Crippen LogP contribution in [-0.2, 0) is 0 Å². The van der Waals surface area contributed by atoms with E-state index in [0.717, 1.165) is 15.7 Å². The molecular weight excluding hydrogens is 360 g/mol. The molecule has 2 aromatic rings. The lowest BCUT2D eigenvalue weighted by molar-refractivity contribution is 0.610. The Bertz CT molecular complexity index is 538. The van der Waals surface area contributed by atoms with Crippen LogP contribution in [0.25, 0.3) is 0 Å². The van der Waals surface area contributed by atoms with Crippen LogP contribution in [0.3, 0.4) is 0 Å². The summed E-state index contributed by atoms with van der Waals surface area (Å²) in [6.07, 6.45) is 0. The van der Waals surface area contributed by atoms with Crippen molar-refractivity contribution < 1.29 is 4.39 Å². The van der Waals surface area contributed by atoms with Gasteiger partial charge < -0.3 is 5.32 Å². The van der Waals surface area contributed by atoms with Gasteiger partial charge in [-0.15, -0.1) is 11.3 Å². The van der Waals surface area contributed by atoms with Crippen molar-refractivity contribution in [3.63, 3.8) is 0 Å². The second-order valence-corrected chi connectivity index (χ2v) is 6.37. The summed E-state index contributed by atoms with van der Waals surface area (Å²) in [5.74, 6) is -0.180. The van der Waals surface area contributed by atoms with Gasteiger partial charge in [-0.25, -0.2) is 4.39 Å². The number of aryl methyl sites for hydroxylation is 1. The van der Waals surface area contributed by atoms with Crippen LogP contribution in [0.5, 0.6) is 0 Å². The van der Waals surface area contributed by atoms with E-state index >= 15 is 0 Å². The van der Waals surface area contributed by atoms with E-state index in [-0.39, 0.29) is 11.9 Å². The minimum Gasteiger partial charge on any atom is -0.306 e. The molecule has 96 valence electrons. The first-order valence-corrected chi connectivity index (χ1v) is 7.81. The van der Waals surface area contributed by atoms with E-state index in [9.17, 15) is 4.39 Å². The molecule has 0 aliphatic carbocycles. The average molecular weight is 375 g/mol. The van der Waals surface area contributed by atoms with E-state index in [4.69, 9.17) is 0 Å². The Morgan fingerprint density at radius 3 is 2.67 bits per heavy atom. The molecule has 1 aromatic carbocycles. The zero-order valence-corrected chi connectivity index (χ0v) is 13.3. The highest BCUT2D eigenvalue weighted by atomic mass is 127. The Labute approximate surface area is 125 Å². The summed E-state index contributed by atoms with van der Waals surface area (Å²) in [7, 11) is 0. The lowest BCUT2D eigenvalue weighted by atomic mass is 9.99. The molecule has 18 heavy (non-hydrogen) atoms. The monoisotopic (exact) mass is 375 g/mol. The number of halogens is 2. The van der Waals surface area contributed by atoms with Gasteiger partial charge in [-0.3, -0.25) is 0 Å². The van der Waals surface area contributed by atoms with E-state index in [1.165, 1.54) is 16.5 Å². The van der Waals surface area contributed by atoms with E-state index in [1.807, 2.05) is 6.07 Å².